The Kier molecular flexibility index (Phi) is 6.22. The van der Waals surface area contributed by atoms with E-state index < -0.39 is 0 Å². The maximum absolute atomic E-state index is 11.6. The molecule has 0 heterocycles. The lowest BCUT2D eigenvalue weighted by molar-refractivity contribution is -0.145. The summed E-state index contributed by atoms with van der Waals surface area (Å²) in [5, 5.41) is 3.20. The van der Waals surface area contributed by atoms with Crippen LogP contribution in [0.3, 0.4) is 0 Å². The number of benzene rings is 1. The van der Waals surface area contributed by atoms with Crippen LogP contribution in [-0.2, 0) is 16.1 Å². The van der Waals surface area contributed by atoms with Crippen molar-refractivity contribution >= 4 is 21.9 Å². The van der Waals surface area contributed by atoms with Gasteiger partial charge in [0.15, 0.2) is 0 Å². The summed E-state index contributed by atoms with van der Waals surface area (Å²) in [7, 11) is 0. The van der Waals surface area contributed by atoms with Crippen LogP contribution in [0.2, 0.25) is 0 Å². The molecule has 0 aromatic heterocycles. The molecule has 1 aromatic rings. The van der Waals surface area contributed by atoms with Gasteiger partial charge in [-0.3, -0.25) is 4.79 Å². The van der Waals surface area contributed by atoms with Crippen LogP contribution < -0.4 is 5.32 Å². The minimum Gasteiger partial charge on any atom is -0.465 e. The zero-order valence-electron chi connectivity index (χ0n) is 10.2. The van der Waals surface area contributed by atoms with Crippen LogP contribution in [0.5, 0.6) is 0 Å². The number of halogens is 1. The van der Waals surface area contributed by atoms with E-state index in [2.05, 4.69) is 21.2 Å². The Balaban J connectivity index is 2.47. The molecule has 94 valence electrons. The van der Waals surface area contributed by atoms with Gasteiger partial charge in [-0.15, -0.1) is 0 Å². The van der Waals surface area contributed by atoms with E-state index in [1.165, 1.54) is 0 Å². The van der Waals surface area contributed by atoms with Gasteiger partial charge in [-0.1, -0.05) is 35.0 Å². The number of esters is 1. The molecule has 1 rings (SSSR count). The Bertz CT molecular complexity index is 351. The average molecular weight is 300 g/mol. The maximum Gasteiger partial charge on any atom is 0.323 e. The predicted octanol–water partition coefficient (Wildman–Crippen LogP) is 2.88. The van der Waals surface area contributed by atoms with Crippen molar-refractivity contribution < 1.29 is 9.53 Å². The van der Waals surface area contributed by atoms with Crippen LogP contribution in [0.1, 0.15) is 25.8 Å². The summed E-state index contributed by atoms with van der Waals surface area (Å²) in [6, 6.07) is 7.80. The molecular formula is C13H18BrNO2. The number of nitrogens with one attached hydrogen (secondary N) is 1. The van der Waals surface area contributed by atoms with Crippen molar-refractivity contribution in [2.75, 3.05) is 6.61 Å². The summed E-state index contributed by atoms with van der Waals surface area (Å²) in [5.74, 6) is -0.174. The molecule has 0 aliphatic carbocycles. The van der Waals surface area contributed by atoms with E-state index >= 15 is 0 Å². The van der Waals surface area contributed by atoms with Gasteiger partial charge in [0.25, 0.3) is 0 Å². The highest BCUT2D eigenvalue weighted by molar-refractivity contribution is 9.10. The summed E-state index contributed by atoms with van der Waals surface area (Å²) < 4.78 is 6.05. The van der Waals surface area contributed by atoms with Crippen molar-refractivity contribution in [3.05, 3.63) is 34.3 Å². The van der Waals surface area contributed by atoms with Crippen molar-refractivity contribution in [1.82, 2.24) is 5.32 Å². The molecule has 1 N–H and O–H groups in total. The molecule has 1 aromatic carbocycles. The molecule has 0 aliphatic heterocycles. The van der Waals surface area contributed by atoms with Crippen molar-refractivity contribution in [2.45, 2.75) is 32.9 Å². The topological polar surface area (TPSA) is 38.3 Å². The van der Waals surface area contributed by atoms with E-state index in [0.717, 1.165) is 16.5 Å². The molecule has 0 saturated heterocycles. The zero-order valence-corrected chi connectivity index (χ0v) is 11.8. The van der Waals surface area contributed by atoms with Crippen LogP contribution in [0.4, 0.5) is 0 Å². The molecule has 0 spiro atoms. The molecule has 0 amide bonds. The minimum atomic E-state index is -0.224. The first-order chi connectivity index (χ1) is 8.17. The van der Waals surface area contributed by atoms with E-state index in [1.807, 2.05) is 38.1 Å². The van der Waals surface area contributed by atoms with Gasteiger partial charge in [0.2, 0.25) is 0 Å². The first kappa shape index (κ1) is 14.2. The Labute approximate surface area is 111 Å². The predicted molar refractivity (Wildman–Crippen MR) is 71.7 cm³/mol. The molecule has 0 saturated carbocycles. The lowest BCUT2D eigenvalue weighted by Gasteiger charge is -2.15. The maximum atomic E-state index is 11.6. The van der Waals surface area contributed by atoms with Crippen LogP contribution in [0.25, 0.3) is 0 Å². The molecule has 0 fully saturated rings. The number of hydrogen-bond donors (Lipinski definition) is 1. The number of hydrogen-bond acceptors (Lipinski definition) is 3. The normalized spacial score (nSPS) is 12.2. The fourth-order valence-electron chi connectivity index (χ4n) is 1.48. The van der Waals surface area contributed by atoms with Crippen molar-refractivity contribution in [3.8, 4) is 0 Å². The monoisotopic (exact) mass is 299 g/mol. The van der Waals surface area contributed by atoms with Gasteiger partial charge in [0.05, 0.1) is 6.61 Å². The Morgan fingerprint density at radius 2 is 2.00 bits per heavy atom. The second-order valence-corrected chi connectivity index (χ2v) is 4.64. The van der Waals surface area contributed by atoms with E-state index in [9.17, 15) is 4.79 Å². The smallest absolute Gasteiger partial charge is 0.323 e. The Morgan fingerprint density at radius 1 is 1.35 bits per heavy atom. The largest absolute Gasteiger partial charge is 0.465 e. The molecule has 0 radical (unpaired) electrons. The van der Waals surface area contributed by atoms with Crippen molar-refractivity contribution in [2.24, 2.45) is 0 Å². The van der Waals surface area contributed by atoms with Gasteiger partial charge < -0.3 is 10.1 Å². The third kappa shape index (κ3) is 4.88. The van der Waals surface area contributed by atoms with Gasteiger partial charge in [-0.2, -0.15) is 0 Å². The summed E-state index contributed by atoms with van der Waals surface area (Å²) in [6.07, 6.45) is 0.732. The van der Waals surface area contributed by atoms with Gasteiger partial charge >= 0.3 is 5.97 Å². The average Bonchev–Trinajstić information content (AvgIpc) is 2.32. The highest BCUT2D eigenvalue weighted by Crippen LogP contribution is 2.10. The molecule has 0 aliphatic rings. The molecule has 0 bridgehead atoms. The third-order valence-corrected chi connectivity index (χ3v) is 2.97. The van der Waals surface area contributed by atoms with E-state index in [0.29, 0.717) is 13.2 Å². The summed E-state index contributed by atoms with van der Waals surface area (Å²) in [4.78, 5) is 11.6. The fourth-order valence-corrected chi connectivity index (χ4v) is 1.74. The van der Waals surface area contributed by atoms with Crippen LogP contribution in [0.15, 0.2) is 28.7 Å². The quantitative estimate of drug-likeness (QED) is 0.821. The Hall–Kier alpha value is -0.870. The Morgan fingerprint density at radius 3 is 2.53 bits per heavy atom. The summed E-state index contributed by atoms with van der Waals surface area (Å²) >= 11 is 3.39. The molecule has 1 atom stereocenters. The number of rotatable bonds is 6. The SMILES string of the molecule is CCOC(=O)C(CC)NCc1ccc(Br)cc1. The fraction of sp³-hybridized carbons (Fsp3) is 0.462. The third-order valence-electron chi connectivity index (χ3n) is 2.45. The van der Waals surface area contributed by atoms with Gasteiger partial charge in [-0.25, -0.2) is 0 Å². The second kappa shape index (κ2) is 7.45. The van der Waals surface area contributed by atoms with Gasteiger partial charge in [0.1, 0.15) is 6.04 Å². The zero-order chi connectivity index (χ0) is 12.7. The highest BCUT2D eigenvalue weighted by atomic mass is 79.9. The summed E-state index contributed by atoms with van der Waals surface area (Å²) in [6.45, 7) is 4.88. The first-order valence-electron chi connectivity index (χ1n) is 5.81. The lowest BCUT2D eigenvalue weighted by atomic mass is 10.2. The standard InChI is InChI=1S/C13H18BrNO2/c1-3-12(13(16)17-4-2)15-9-10-5-7-11(14)8-6-10/h5-8,12,15H,3-4,9H2,1-2H3. The van der Waals surface area contributed by atoms with Crippen LogP contribution in [-0.4, -0.2) is 18.6 Å². The van der Waals surface area contributed by atoms with E-state index in [1.54, 1.807) is 0 Å². The molecule has 1 unspecified atom stereocenters. The molecule has 4 heteroatoms. The molecule has 17 heavy (non-hydrogen) atoms. The number of ether oxygens (including phenoxy) is 1. The minimum absolute atomic E-state index is 0.174. The second-order valence-electron chi connectivity index (χ2n) is 3.72. The van der Waals surface area contributed by atoms with Crippen LogP contribution in [0, 0.1) is 0 Å². The first-order valence-corrected chi connectivity index (χ1v) is 6.61. The van der Waals surface area contributed by atoms with Crippen LogP contribution >= 0.6 is 15.9 Å². The number of carbonyl (C=O) groups is 1. The van der Waals surface area contributed by atoms with Gasteiger partial charge in [-0.05, 0) is 31.0 Å². The van der Waals surface area contributed by atoms with E-state index in [4.69, 9.17) is 4.74 Å². The summed E-state index contributed by atoms with van der Waals surface area (Å²) in [5.41, 5.74) is 1.15. The van der Waals surface area contributed by atoms with Crippen molar-refractivity contribution in [3.63, 3.8) is 0 Å². The lowest BCUT2D eigenvalue weighted by Crippen LogP contribution is -2.37. The number of carbonyl (C=O) groups excluding carboxylic acids is 1. The highest BCUT2D eigenvalue weighted by Gasteiger charge is 2.16. The van der Waals surface area contributed by atoms with Crippen molar-refractivity contribution in [1.29, 1.82) is 0 Å². The molecule has 3 nitrogen and oxygen atoms in total. The van der Waals surface area contributed by atoms with E-state index in [-0.39, 0.29) is 12.0 Å². The molecular weight excluding hydrogens is 282 g/mol. The van der Waals surface area contributed by atoms with Gasteiger partial charge in [0, 0.05) is 11.0 Å².